The largest absolute Gasteiger partial charge is 0.389 e. The average Bonchev–Trinajstić information content (AvgIpc) is 3.28. The number of hydrogen-bond acceptors (Lipinski definition) is 4. The molecular weight excluding hydrogens is 340 g/mol. The van der Waals surface area contributed by atoms with E-state index in [2.05, 4.69) is 13.8 Å². The SMILES string of the molecule is CC1OC1OCOC1CC[C@]2(O)[C@@H]3CC[C@@H]4CCCC[C@]4(C)[C@H]3CC[C@]12C. The highest BCUT2D eigenvalue weighted by molar-refractivity contribution is 5.17. The fourth-order valence-corrected chi connectivity index (χ4v) is 8.01. The molecule has 154 valence electrons. The zero-order valence-electron chi connectivity index (χ0n) is 17.4. The molecule has 5 fully saturated rings. The average molecular weight is 379 g/mol. The first-order chi connectivity index (χ1) is 12.9. The predicted molar refractivity (Wildman–Crippen MR) is 103 cm³/mol. The second kappa shape index (κ2) is 6.42. The van der Waals surface area contributed by atoms with Crippen LogP contribution < -0.4 is 0 Å². The third-order valence-electron chi connectivity index (χ3n) is 9.84. The van der Waals surface area contributed by atoms with Gasteiger partial charge in [0.2, 0.25) is 0 Å². The van der Waals surface area contributed by atoms with Crippen molar-refractivity contribution in [2.45, 2.75) is 109 Å². The molecule has 0 radical (unpaired) electrons. The number of hydrogen-bond donors (Lipinski definition) is 1. The van der Waals surface area contributed by atoms with Gasteiger partial charge in [0.1, 0.15) is 12.9 Å². The van der Waals surface area contributed by atoms with E-state index in [0.717, 1.165) is 25.2 Å². The van der Waals surface area contributed by atoms with Crippen LogP contribution in [0.25, 0.3) is 0 Å². The van der Waals surface area contributed by atoms with Crippen molar-refractivity contribution >= 4 is 0 Å². The molecule has 27 heavy (non-hydrogen) atoms. The van der Waals surface area contributed by atoms with Gasteiger partial charge in [-0.05, 0) is 81.5 Å². The molecule has 1 heterocycles. The molecule has 1 saturated heterocycles. The molecule has 5 aliphatic rings. The summed E-state index contributed by atoms with van der Waals surface area (Å²) in [6.45, 7) is 7.17. The van der Waals surface area contributed by atoms with E-state index in [1.54, 1.807) is 0 Å². The summed E-state index contributed by atoms with van der Waals surface area (Å²) >= 11 is 0. The number of aliphatic hydroxyl groups is 1. The fourth-order valence-electron chi connectivity index (χ4n) is 8.01. The van der Waals surface area contributed by atoms with E-state index >= 15 is 0 Å². The smallest absolute Gasteiger partial charge is 0.186 e. The summed E-state index contributed by atoms with van der Waals surface area (Å²) in [5.74, 6) is 2.05. The summed E-state index contributed by atoms with van der Waals surface area (Å²) in [7, 11) is 0. The van der Waals surface area contributed by atoms with Crippen molar-refractivity contribution in [1.29, 1.82) is 0 Å². The normalized spacial score (nSPS) is 56.9. The Bertz CT molecular complexity index is 581. The van der Waals surface area contributed by atoms with E-state index in [1.807, 2.05) is 6.92 Å². The van der Waals surface area contributed by atoms with Crippen LogP contribution in [0.2, 0.25) is 0 Å². The Kier molecular flexibility index (Phi) is 4.48. The van der Waals surface area contributed by atoms with Crippen molar-refractivity contribution in [2.24, 2.45) is 28.6 Å². The lowest BCUT2D eigenvalue weighted by Gasteiger charge is -2.63. The molecule has 0 amide bonds. The Labute approximate surface area is 164 Å². The van der Waals surface area contributed by atoms with Crippen molar-refractivity contribution in [3.8, 4) is 0 Å². The van der Waals surface area contributed by atoms with Crippen LogP contribution in [0.3, 0.4) is 0 Å². The van der Waals surface area contributed by atoms with Gasteiger partial charge in [0.15, 0.2) is 6.29 Å². The zero-order valence-corrected chi connectivity index (χ0v) is 17.4. The van der Waals surface area contributed by atoms with E-state index in [-0.39, 0.29) is 23.9 Å². The highest BCUT2D eigenvalue weighted by Crippen LogP contribution is 2.68. The van der Waals surface area contributed by atoms with Gasteiger partial charge in [-0.3, -0.25) is 0 Å². The molecule has 4 aliphatic carbocycles. The van der Waals surface area contributed by atoms with Crippen molar-refractivity contribution in [3.63, 3.8) is 0 Å². The summed E-state index contributed by atoms with van der Waals surface area (Å²) in [6.07, 6.45) is 12.6. The molecule has 4 nitrogen and oxygen atoms in total. The summed E-state index contributed by atoms with van der Waals surface area (Å²) < 4.78 is 17.2. The zero-order chi connectivity index (χ0) is 18.9. The van der Waals surface area contributed by atoms with Gasteiger partial charge in [0, 0.05) is 5.41 Å². The van der Waals surface area contributed by atoms with Crippen molar-refractivity contribution in [3.05, 3.63) is 0 Å². The van der Waals surface area contributed by atoms with E-state index in [4.69, 9.17) is 14.2 Å². The quantitative estimate of drug-likeness (QED) is 0.572. The highest BCUT2D eigenvalue weighted by Gasteiger charge is 2.67. The van der Waals surface area contributed by atoms with Crippen molar-refractivity contribution in [1.82, 2.24) is 0 Å². The van der Waals surface area contributed by atoms with Gasteiger partial charge in [-0.15, -0.1) is 0 Å². The lowest BCUT2D eigenvalue weighted by molar-refractivity contribution is -0.229. The van der Waals surface area contributed by atoms with Gasteiger partial charge in [-0.2, -0.15) is 0 Å². The molecule has 3 unspecified atom stereocenters. The van der Waals surface area contributed by atoms with Crippen LogP contribution in [-0.2, 0) is 14.2 Å². The summed E-state index contributed by atoms with van der Waals surface area (Å²) in [5.41, 5.74) is -0.236. The van der Waals surface area contributed by atoms with Crippen molar-refractivity contribution in [2.75, 3.05) is 6.79 Å². The highest BCUT2D eigenvalue weighted by atomic mass is 16.8. The van der Waals surface area contributed by atoms with Crippen LogP contribution >= 0.6 is 0 Å². The second-order valence-electron chi connectivity index (χ2n) is 10.8. The Morgan fingerprint density at radius 1 is 0.926 bits per heavy atom. The number of fused-ring (bicyclic) bond motifs is 5. The topological polar surface area (TPSA) is 51.2 Å². The molecule has 1 N–H and O–H groups in total. The molecule has 0 spiro atoms. The minimum atomic E-state index is -0.560. The number of epoxide rings is 1. The minimum absolute atomic E-state index is 0.0876. The van der Waals surface area contributed by atoms with Crippen LogP contribution in [0.15, 0.2) is 0 Å². The second-order valence-corrected chi connectivity index (χ2v) is 10.8. The minimum Gasteiger partial charge on any atom is -0.389 e. The molecule has 4 saturated carbocycles. The lowest BCUT2D eigenvalue weighted by Crippen LogP contribution is -2.62. The first kappa shape index (κ1) is 18.8. The molecule has 1 aliphatic heterocycles. The van der Waals surface area contributed by atoms with Gasteiger partial charge in [-0.1, -0.05) is 26.7 Å². The molecule has 0 aromatic rings. The summed E-state index contributed by atoms with van der Waals surface area (Å²) in [6, 6.07) is 0. The summed E-state index contributed by atoms with van der Waals surface area (Å²) in [5, 5.41) is 12.1. The maximum Gasteiger partial charge on any atom is 0.186 e. The Morgan fingerprint density at radius 3 is 2.52 bits per heavy atom. The van der Waals surface area contributed by atoms with Gasteiger partial charge in [0.25, 0.3) is 0 Å². The van der Waals surface area contributed by atoms with E-state index in [0.29, 0.717) is 24.0 Å². The van der Waals surface area contributed by atoms with Crippen LogP contribution in [-0.4, -0.2) is 36.0 Å². The molecule has 5 rings (SSSR count). The van der Waals surface area contributed by atoms with Crippen LogP contribution in [0.1, 0.15) is 85.0 Å². The number of rotatable bonds is 4. The van der Waals surface area contributed by atoms with Gasteiger partial charge >= 0.3 is 0 Å². The molecule has 0 bridgehead atoms. The van der Waals surface area contributed by atoms with Crippen LogP contribution in [0.5, 0.6) is 0 Å². The van der Waals surface area contributed by atoms with Gasteiger partial charge in [0.05, 0.1) is 11.7 Å². The maximum atomic E-state index is 12.1. The standard InChI is InChI=1S/C23H38O4/c1-15-20(27-15)26-14-25-19-10-13-23(24)18-8-7-16-6-4-5-11-21(16,2)17(18)9-12-22(19,23)3/h15-20,24H,4-14H2,1-3H3/t15?,16-,17-,18+,19?,20?,21-,22+,23-/m0/s1. The first-order valence-electron chi connectivity index (χ1n) is 11.5. The van der Waals surface area contributed by atoms with E-state index in [1.165, 1.54) is 44.9 Å². The Hall–Kier alpha value is -0.160. The van der Waals surface area contributed by atoms with Gasteiger partial charge in [-0.25, -0.2) is 0 Å². The molecule has 4 heteroatoms. The maximum absolute atomic E-state index is 12.1. The third-order valence-corrected chi connectivity index (χ3v) is 9.84. The Balaban J connectivity index is 1.32. The number of ether oxygens (including phenoxy) is 3. The molecule has 9 atom stereocenters. The summed E-state index contributed by atoms with van der Waals surface area (Å²) in [4.78, 5) is 0. The molecule has 0 aromatic heterocycles. The molecular formula is C23H38O4. The predicted octanol–water partition coefficient (Wildman–Crippen LogP) is 4.64. The monoisotopic (exact) mass is 378 g/mol. The van der Waals surface area contributed by atoms with Crippen LogP contribution in [0, 0.1) is 28.6 Å². The third kappa shape index (κ3) is 2.69. The molecule has 0 aromatic carbocycles. The fraction of sp³-hybridized carbons (Fsp3) is 1.00. The van der Waals surface area contributed by atoms with Gasteiger partial charge < -0.3 is 19.3 Å². The Morgan fingerprint density at radius 2 is 1.74 bits per heavy atom. The lowest BCUT2D eigenvalue weighted by atomic mass is 9.44. The van der Waals surface area contributed by atoms with E-state index in [9.17, 15) is 5.11 Å². The van der Waals surface area contributed by atoms with Crippen molar-refractivity contribution < 1.29 is 19.3 Å². The first-order valence-corrected chi connectivity index (χ1v) is 11.5. The van der Waals surface area contributed by atoms with Crippen LogP contribution in [0.4, 0.5) is 0 Å². The van der Waals surface area contributed by atoms with E-state index < -0.39 is 5.60 Å².